The van der Waals surface area contributed by atoms with E-state index < -0.39 is 6.61 Å². The minimum Gasteiger partial charge on any atom is -0.493 e. The van der Waals surface area contributed by atoms with Crippen molar-refractivity contribution in [3.63, 3.8) is 0 Å². The Hall–Kier alpha value is -1.62. The lowest BCUT2D eigenvalue weighted by molar-refractivity contribution is -0.0512. The van der Waals surface area contributed by atoms with Crippen LogP contribution in [0.5, 0.6) is 11.5 Å². The molecule has 5 nitrogen and oxygen atoms in total. The maximum Gasteiger partial charge on any atom is 0.387 e. The quantitative estimate of drug-likeness (QED) is 0.271. The average Bonchev–Trinajstić information content (AvgIpc) is 3.19. The number of thiophene rings is 1. The summed E-state index contributed by atoms with van der Waals surface area (Å²) in [5, 5.41) is 5.37. The normalized spacial score (nSPS) is 11.2. The first-order valence-corrected chi connectivity index (χ1v) is 10.0. The molecule has 1 N–H and O–H groups in total. The van der Waals surface area contributed by atoms with Crippen LogP contribution in [0, 0.1) is 0 Å². The molecule has 0 saturated heterocycles. The first-order valence-electron chi connectivity index (χ1n) is 9.17. The summed E-state index contributed by atoms with van der Waals surface area (Å²) < 4.78 is 34.7. The molecule has 0 aliphatic carbocycles. The van der Waals surface area contributed by atoms with Crippen LogP contribution in [0.3, 0.4) is 0 Å². The summed E-state index contributed by atoms with van der Waals surface area (Å²) in [5.74, 6) is 1.16. The number of benzene rings is 1. The van der Waals surface area contributed by atoms with Gasteiger partial charge in [0, 0.05) is 31.6 Å². The van der Waals surface area contributed by atoms with E-state index >= 15 is 0 Å². The van der Waals surface area contributed by atoms with Crippen LogP contribution in [-0.4, -0.2) is 51.3 Å². The number of halogens is 3. The molecule has 162 valence electrons. The molecule has 1 aromatic carbocycles. The van der Waals surface area contributed by atoms with Crippen LogP contribution in [0.1, 0.15) is 17.4 Å². The van der Waals surface area contributed by atoms with Crippen molar-refractivity contribution in [2.24, 2.45) is 4.99 Å². The first kappa shape index (κ1) is 25.4. The van der Waals surface area contributed by atoms with E-state index in [-0.39, 0.29) is 35.5 Å². The number of methoxy groups -OCH3 is 1. The molecule has 1 aromatic heterocycles. The van der Waals surface area contributed by atoms with Gasteiger partial charge in [-0.1, -0.05) is 12.1 Å². The third kappa shape index (κ3) is 8.73. The Balaban J connectivity index is 0.00000420. The molecule has 0 saturated carbocycles. The molecule has 2 rings (SSSR count). The van der Waals surface area contributed by atoms with Crippen LogP contribution in [0.25, 0.3) is 0 Å². The third-order valence-corrected chi connectivity index (χ3v) is 5.01. The lowest BCUT2D eigenvalue weighted by atomic mass is 10.1. The van der Waals surface area contributed by atoms with Crippen LogP contribution in [0.4, 0.5) is 8.78 Å². The Kier molecular flexibility index (Phi) is 11.9. The van der Waals surface area contributed by atoms with Crippen molar-refractivity contribution in [1.29, 1.82) is 0 Å². The van der Waals surface area contributed by atoms with Gasteiger partial charge in [-0.3, -0.25) is 4.99 Å². The van der Waals surface area contributed by atoms with Gasteiger partial charge in [0.15, 0.2) is 17.5 Å². The van der Waals surface area contributed by atoms with Gasteiger partial charge in [0.25, 0.3) is 0 Å². The van der Waals surface area contributed by atoms with Crippen LogP contribution in [-0.2, 0) is 12.8 Å². The fourth-order valence-electron chi connectivity index (χ4n) is 2.66. The summed E-state index contributed by atoms with van der Waals surface area (Å²) >= 11 is 1.75. The number of ether oxygens (including phenoxy) is 2. The summed E-state index contributed by atoms with van der Waals surface area (Å²) in [4.78, 5) is 8.10. The minimum atomic E-state index is -2.89. The molecule has 0 aliphatic rings. The highest BCUT2D eigenvalue weighted by atomic mass is 127. The summed E-state index contributed by atoms with van der Waals surface area (Å²) in [7, 11) is 3.43. The van der Waals surface area contributed by atoms with E-state index in [4.69, 9.17) is 4.74 Å². The van der Waals surface area contributed by atoms with Crippen LogP contribution < -0.4 is 14.8 Å². The fourth-order valence-corrected chi connectivity index (χ4v) is 3.36. The number of rotatable bonds is 10. The number of hydrogen-bond donors (Lipinski definition) is 1. The van der Waals surface area contributed by atoms with E-state index in [9.17, 15) is 8.78 Å². The topological polar surface area (TPSA) is 46.1 Å². The van der Waals surface area contributed by atoms with E-state index in [1.807, 2.05) is 20.0 Å². The molecule has 0 aliphatic heterocycles. The van der Waals surface area contributed by atoms with Gasteiger partial charge in [-0.05, 0) is 48.9 Å². The highest BCUT2D eigenvalue weighted by Gasteiger charge is 2.11. The van der Waals surface area contributed by atoms with Crippen LogP contribution >= 0.6 is 35.3 Å². The fraction of sp³-hybridized carbons (Fsp3) is 0.450. The Morgan fingerprint density at radius 3 is 2.66 bits per heavy atom. The molecular formula is C20H28F2IN3O2S. The largest absolute Gasteiger partial charge is 0.493 e. The van der Waals surface area contributed by atoms with Gasteiger partial charge < -0.3 is 19.7 Å². The molecule has 0 unspecified atom stereocenters. The van der Waals surface area contributed by atoms with Crippen molar-refractivity contribution >= 4 is 41.3 Å². The lowest BCUT2D eigenvalue weighted by Crippen LogP contribution is -2.40. The molecular weight excluding hydrogens is 511 g/mol. The summed E-state index contributed by atoms with van der Waals surface area (Å²) in [6.07, 6.45) is 1.57. The molecule has 0 bridgehead atoms. The molecule has 0 amide bonds. The van der Waals surface area contributed by atoms with Gasteiger partial charge in [0.1, 0.15) is 0 Å². The van der Waals surface area contributed by atoms with Gasteiger partial charge >= 0.3 is 6.61 Å². The number of alkyl halides is 2. The molecule has 0 fully saturated rings. The van der Waals surface area contributed by atoms with Crippen molar-refractivity contribution in [3.05, 3.63) is 46.2 Å². The SMILES string of the molecule is CCNC(=NCCc1ccc(OC)c(OC(F)F)c1)N(C)CCc1cccs1.I. The third-order valence-electron chi connectivity index (χ3n) is 4.08. The zero-order valence-electron chi connectivity index (χ0n) is 16.9. The lowest BCUT2D eigenvalue weighted by Gasteiger charge is -2.21. The second-order valence-corrected chi connectivity index (χ2v) is 7.13. The predicted octanol–water partition coefficient (Wildman–Crippen LogP) is 4.66. The zero-order valence-corrected chi connectivity index (χ0v) is 20.0. The van der Waals surface area contributed by atoms with Crippen molar-refractivity contribution in [3.8, 4) is 11.5 Å². The summed E-state index contributed by atoms with van der Waals surface area (Å²) in [6.45, 7) is 1.31. The monoisotopic (exact) mass is 539 g/mol. The van der Waals surface area contributed by atoms with Gasteiger partial charge in [-0.25, -0.2) is 0 Å². The van der Waals surface area contributed by atoms with Crippen molar-refractivity contribution < 1.29 is 18.3 Å². The molecule has 2 aromatic rings. The van der Waals surface area contributed by atoms with E-state index in [1.54, 1.807) is 23.5 Å². The number of guanidine groups is 1. The van der Waals surface area contributed by atoms with Gasteiger partial charge in [-0.2, -0.15) is 8.78 Å². The number of nitrogens with one attached hydrogen (secondary N) is 1. The highest BCUT2D eigenvalue weighted by molar-refractivity contribution is 14.0. The second-order valence-electron chi connectivity index (χ2n) is 6.10. The standard InChI is InChI=1S/C20H27F2N3O2S.HI/c1-4-23-20(25(2)12-10-16-6-5-13-28-16)24-11-9-15-7-8-17(26-3)18(14-15)27-19(21)22;/h5-8,13-14,19H,4,9-12H2,1-3H3,(H,23,24);1H. The summed E-state index contributed by atoms with van der Waals surface area (Å²) in [5.41, 5.74) is 0.859. The first-order chi connectivity index (χ1) is 13.5. The van der Waals surface area contributed by atoms with Gasteiger partial charge in [0.05, 0.1) is 7.11 Å². The van der Waals surface area contributed by atoms with Crippen molar-refractivity contribution in [2.75, 3.05) is 33.8 Å². The van der Waals surface area contributed by atoms with E-state index in [0.717, 1.165) is 31.0 Å². The van der Waals surface area contributed by atoms with Crippen molar-refractivity contribution in [2.45, 2.75) is 26.4 Å². The second kappa shape index (κ2) is 13.6. The van der Waals surface area contributed by atoms with E-state index in [1.165, 1.54) is 12.0 Å². The Bertz CT molecular complexity index is 745. The zero-order chi connectivity index (χ0) is 20.4. The highest BCUT2D eigenvalue weighted by Crippen LogP contribution is 2.29. The maximum absolute atomic E-state index is 12.6. The van der Waals surface area contributed by atoms with Gasteiger partial charge in [0.2, 0.25) is 0 Å². The molecule has 9 heteroatoms. The number of nitrogens with zero attached hydrogens (tertiary/aromatic N) is 2. The number of aliphatic imine (C=N–C) groups is 1. The van der Waals surface area contributed by atoms with E-state index in [0.29, 0.717) is 13.0 Å². The predicted molar refractivity (Wildman–Crippen MR) is 125 cm³/mol. The molecule has 0 spiro atoms. The molecule has 0 atom stereocenters. The smallest absolute Gasteiger partial charge is 0.387 e. The Labute approximate surface area is 192 Å². The number of hydrogen-bond acceptors (Lipinski definition) is 4. The molecule has 29 heavy (non-hydrogen) atoms. The van der Waals surface area contributed by atoms with Crippen molar-refractivity contribution in [1.82, 2.24) is 10.2 Å². The van der Waals surface area contributed by atoms with Crippen LogP contribution in [0.2, 0.25) is 0 Å². The average molecular weight is 539 g/mol. The Morgan fingerprint density at radius 2 is 2.03 bits per heavy atom. The van der Waals surface area contributed by atoms with E-state index in [2.05, 4.69) is 37.5 Å². The number of likely N-dealkylation sites (N-methyl/N-ethyl adjacent to an activating group) is 1. The maximum atomic E-state index is 12.6. The molecule has 1 heterocycles. The van der Waals surface area contributed by atoms with Gasteiger partial charge in [-0.15, -0.1) is 35.3 Å². The van der Waals surface area contributed by atoms with Crippen LogP contribution in [0.15, 0.2) is 40.7 Å². The minimum absolute atomic E-state index is 0. The summed E-state index contributed by atoms with van der Waals surface area (Å²) in [6, 6.07) is 9.23. The Morgan fingerprint density at radius 1 is 1.24 bits per heavy atom. The molecule has 0 radical (unpaired) electrons.